The predicted molar refractivity (Wildman–Crippen MR) is 66.9 cm³/mol. The molecule has 0 fully saturated rings. The number of amides is 2. The molecule has 17 heavy (non-hydrogen) atoms. The van der Waals surface area contributed by atoms with Gasteiger partial charge in [-0.15, -0.1) is 6.42 Å². The number of nitrogens with one attached hydrogen (secondary N) is 2. The van der Waals surface area contributed by atoms with Gasteiger partial charge in [-0.25, -0.2) is 0 Å². The fraction of sp³-hybridized carbons (Fsp3) is 0.667. The maximum Gasteiger partial charge on any atom is 0.240 e. The molecule has 4 N–H and O–H groups in total. The molecule has 0 bridgehead atoms. The second kappa shape index (κ2) is 7.69. The summed E-state index contributed by atoms with van der Waals surface area (Å²) in [4.78, 5) is 22.9. The topological polar surface area (TPSA) is 84.2 Å². The monoisotopic (exact) mass is 239 g/mol. The molecule has 2 amide bonds. The van der Waals surface area contributed by atoms with E-state index in [0.29, 0.717) is 6.42 Å². The molecule has 2 atom stereocenters. The second-order valence-electron chi connectivity index (χ2n) is 4.18. The van der Waals surface area contributed by atoms with E-state index in [9.17, 15) is 9.59 Å². The van der Waals surface area contributed by atoms with Crippen LogP contribution < -0.4 is 16.4 Å². The Kier molecular flexibility index (Phi) is 6.99. The van der Waals surface area contributed by atoms with Crippen LogP contribution in [0.4, 0.5) is 0 Å². The number of carbonyl (C=O) groups excluding carboxylic acids is 2. The van der Waals surface area contributed by atoms with Crippen molar-refractivity contribution in [2.45, 2.75) is 39.3 Å². The predicted octanol–water partition coefficient (Wildman–Crippen LogP) is -0.386. The van der Waals surface area contributed by atoms with E-state index < -0.39 is 6.04 Å². The van der Waals surface area contributed by atoms with Crippen LogP contribution in [0, 0.1) is 18.3 Å². The molecule has 0 aromatic heterocycles. The number of nitrogens with two attached hydrogens (primary N) is 1. The van der Waals surface area contributed by atoms with Gasteiger partial charge >= 0.3 is 0 Å². The van der Waals surface area contributed by atoms with Crippen molar-refractivity contribution in [3.63, 3.8) is 0 Å². The van der Waals surface area contributed by atoms with Crippen molar-refractivity contribution in [1.29, 1.82) is 0 Å². The Labute approximate surface area is 103 Å². The van der Waals surface area contributed by atoms with Crippen molar-refractivity contribution in [3.05, 3.63) is 0 Å². The van der Waals surface area contributed by atoms with Gasteiger partial charge in [0.25, 0.3) is 0 Å². The lowest BCUT2D eigenvalue weighted by molar-refractivity contribution is -0.127. The Morgan fingerprint density at radius 2 is 2.00 bits per heavy atom. The van der Waals surface area contributed by atoms with Gasteiger partial charge in [0.2, 0.25) is 11.8 Å². The van der Waals surface area contributed by atoms with E-state index in [1.807, 2.05) is 20.8 Å². The maximum atomic E-state index is 11.5. The van der Waals surface area contributed by atoms with E-state index in [1.54, 1.807) is 0 Å². The van der Waals surface area contributed by atoms with E-state index in [1.165, 1.54) is 0 Å². The van der Waals surface area contributed by atoms with Crippen molar-refractivity contribution in [2.24, 2.45) is 11.7 Å². The molecule has 0 radical (unpaired) electrons. The smallest absolute Gasteiger partial charge is 0.240 e. The van der Waals surface area contributed by atoms with E-state index in [0.717, 1.165) is 0 Å². The van der Waals surface area contributed by atoms with E-state index in [4.69, 9.17) is 12.2 Å². The Morgan fingerprint density at radius 3 is 2.41 bits per heavy atom. The van der Waals surface area contributed by atoms with Crippen molar-refractivity contribution >= 4 is 11.8 Å². The zero-order chi connectivity index (χ0) is 13.4. The van der Waals surface area contributed by atoms with Crippen molar-refractivity contribution in [3.8, 4) is 12.3 Å². The molecular formula is C12H21N3O2. The highest BCUT2D eigenvalue weighted by molar-refractivity contribution is 5.87. The molecule has 0 spiro atoms. The highest BCUT2D eigenvalue weighted by Crippen LogP contribution is 1.97. The zero-order valence-electron chi connectivity index (χ0n) is 10.6. The summed E-state index contributed by atoms with van der Waals surface area (Å²) in [5.74, 6) is 1.84. The molecule has 1 unspecified atom stereocenters. The summed E-state index contributed by atoms with van der Waals surface area (Å²) in [7, 11) is 0. The van der Waals surface area contributed by atoms with Crippen molar-refractivity contribution in [2.75, 3.05) is 6.54 Å². The summed E-state index contributed by atoms with van der Waals surface area (Å²) >= 11 is 0. The minimum atomic E-state index is -0.600. The Morgan fingerprint density at radius 1 is 1.41 bits per heavy atom. The lowest BCUT2D eigenvalue weighted by Crippen LogP contribution is -2.48. The van der Waals surface area contributed by atoms with Crippen molar-refractivity contribution in [1.82, 2.24) is 10.6 Å². The lowest BCUT2D eigenvalue weighted by Gasteiger charge is -2.16. The summed E-state index contributed by atoms with van der Waals surface area (Å²) < 4.78 is 0. The minimum Gasteiger partial charge on any atom is -0.346 e. The van der Waals surface area contributed by atoms with Gasteiger partial charge in [-0.2, -0.15) is 0 Å². The average molecular weight is 239 g/mol. The number of carbonyl (C=O) groups is 2. The van der Waals surface area contributed by atoms with Crippen molar-refractivity contribution < 1.29 is 9.59 Å². The third-order valence-corrected chi connectivity index (χ3v) is 2.39. The first-order valence-electron chi connectivity index (χ1n) is 5.71. The second-order valence-corrected chi connectivity index (χ2v) is 4.18. The first-order valence-corrected chi connectivity index (χ1v) is 5.71. The van der Waals surface area contributed by atoms with Gasteiger partial charge in [-0.05, 0) is 12.3 Å². The summed E-state index contributed by atoms with van der Waals surface area (Å²) in [6.07, 6.45) is 5.86. The highest BCUT2D eigenvalue weighted by Gasteiger charge is 2.17. The summed E-state index contributed by atoms with van der Waals surface area (Å²) in [6.45, 7) is 5.46. The number of terminal acetylenes is 1. The molecule has 0 rings (SSSR count). The van der Waals surface area contributed by atoms with E-state index in [2.05, 4.69) is 16.6 Å². The molecule has 0 aliphatic carbocycles. The van der Waals surface area contributed by atoms with Gasteiger partial charge in [0.1, 0.15) is 0 Å². The number of hydrogen-bond acceptors (Lipinski definition) is 3. The average Bonchev–Trinajstić information content (AvgIpc) is 2.31. The van der Waals surface area contributed by atoms with Crippen LogP contribution in [0.2, 0.25) is 0 Å². The Bertz CT molecular complexity index is 307. The molecule has 5 heteroatoms. The largest absolute Gasteiger partial charge is 0.346 e. The van der Waals surface area contributed by atoms with E-state index in [-0.39, 0.29) is 30.3 Å². The highest BCUT2D eigenvalue weighted by atomic mass is 16.2. The van der Waals surface area contributed by atoms with Gasteiger partial charge in [0, 0.05) is 0 Å². The van der Waals surface area contributed by atoms with E-state index >= 15 is 0 Å². The van der Waals surface area contributed by atoms with Gasteiger partial charge in [-0.1, -0.05) is 26.7 Å². The fourth-order valence-corrected chi connectivity index (χ4v) is 1.09. The van der Waals surface area contributed by atoms with Crippen LogP contribution in [0.15, 0.2) is 0 Å². The van der Waals surface area contributed by atoms with Crippen LogP contribution in [-0.4, -0.2) is 30.4 Å². The normalized spacial score (nSPS) is 13.6. The molecule has 0 heterocycles. The maximum absolute atomic E-state index is 11.5. The molecule has 0 aromatic carbocycles. The van der Waals surface area contributed by atoms with Crippen LogP contribution in [0.1, 0.15) is 27.2 Å². The summed E-state index contributed by atoms with van der Waals surface area (Å²) in [5.41, 5.74) is 5.62. The summed E-state index contributed by atoms with van der Waals surface area (Å²) in [6, 6.07) is -0.893. The first-order chi connectivity index (χ1) is 7.92. The molecule has 0 aliphatic rings. The minimum absolute atomic E-state index is 0.0344. The van der Waals surface area contributed by atoms with Gasteiger partial charge in [0.05, 0.1) is 18.6 Å². The molecule has 5 nitrogen and oxygen atoms in total. The van der Waals surface area contributed by atoms with Crippen LogP contribution in [0.25, 0.3) is 0 Å². The molecule has 0 aromatic rings. The van der Waals surface area contributed by atoms with Gasteiger partial charge in [-0.3, -0.25) is 9.59 Å². The third kappa shape index (κ3) is 5.93. The molecular weight excluding hydrogens is 218 g/mol. The van der Waals surface area contributed by atoms with Gasteiger partial charge < -0.3 is 16.4 Å². The van der Waals surface area contributed by atoms with Crippen LogP contribution in [-0.2, 0) is 9.59 Å². The van der Waals surface area contributed by atoms with Crippen LogP contribution in [0.5, 0.6) is 0 Å². The SMILES string of the molecule is C#CC(CC)NC(=O)CNC(=O)[C@@H](N)C(C)C. The lowest BCUT2D eigenvalue weighted by atomic mass is 10.1. The summed E-state index contributed by atoms with van der Waals surface area (Å²) in [5, 5.41) is 5.08. The molecule has 0 aliphatic heterocycles. The van der Waals surface area contributed by atoms with Crippen LogP contribution >= 0.6 is 0 Å². The first kappa shape index (κ1) is 15.5. The molecule has 96 valence electrons. The number of rotatable bonds is 6. The Hall–Kier alpha value is -1.54. The fourth-order valence-electron chi connectivity index (χ4n) is 1.09. The standard InChI is InChI=1S/C12H21N3O2/c1-5-9(6-2)15-10(16)7-14-12(17)11(13)8(3)4/h1,8-9,11H,6-7,13H2,2-4H3,(H,14,17)(H,15,16)/t9?,11-/m0/s1. The van der Waals surface area contributed by atoms with Gasteiger partial charge in [0.15, 0.2) is 0 Å². The Balaban J connectivity index is 4.01. The molecule has 0 saturated heterocycles. The zero-order valence-corrected chi connectivity index (χ0v) is 10.6. The van der Waals surface area contributed by atoms with Crippen LogP contribution in [0.3, 0.4) is 0 Å². The quantitative estimate of drug-likeness (QED) is 0.552. The third-order valence-electron chi connectivity index (χ3n) is 2.39. The number of hydrogen-bond donors (Lipinski definition) is 3. The molecule has 0 saturated carbocycles.